The van der Waals surface area contributed by atoms with Gasteiger partial charge in [0.25, 0.3) is 0 Å². The summed E-state index contributed by atoms with van der Waals surface area (Å²) < 4.78 is 0. The molecule has 0 bridgehead atoms. The molecule has 118 valence electrons. The molecule has 2 heterocycles. The third kappa shape index (κ3) is 4.46. The molecule has 0 N–H and O–H groups in total. The fraction of sp³-hybridized carbons (Fsp3) is 1.00. The number of hydrogen-bond acceptors (Lipinski definition) is 2. The van der Waals surface area contributed by atoms with E-state index in [-0.39, 0.29) is 0 Å². The van der Waals surface area contributed by atoms with E-state index in [1.807, 2.05) is 0 Å². The lowest BCUT2D eigenvalue weighted by molar-refractivity contribution is 0.0763. The molecule has 2 unspecified atom stereocenters. The topological polar surface area (TPSA) is 6.48 Å². The van der Waals surface area contributed by atoms with E-state index in [4.69, 9.17) is 0 Å². The molecule has 0 radical (unpaired) electrons. The van der Waals surface area contributed by atoms with Crippen LogP contribution in [0.25, 0.3) is 0 Å². The zero-order valence-electron chi connectivity index (χ0n) is 14.3. The Labute approximate surface area is 126 Å². The summed E-state index contributed by atoms with van der Waals surface area (Å²) in [5, 5.41) is 0. The van der Waals surface area contributed by atoms with Gasteiger partial charge in [-0.05, 0) is 75.5 Å². The lowest BCUT2D eigenvalue weighted by Gasteiger charge is -2.41. The molecular formula is C18H36N2. The monoisotopic (exact) mass is 280 g/mol. The highest BCUT2D eigenvalue weighted by Gasteiger charge is 2.29. The Bertz CT molecular complexity index is 269. The molecule has 2 rings (SSSR count). The predicted molar refractivity (Wildman–Crippen MR) is 88.0 cm³/mol. The van der Waals surface area contributed by atoms with Crippen LogP contribution in [0.3, 0.4) is 0 Å². The molecular weight excluding hydrogens is 244 g/mol. The summed E-state index contributed by atoms with van der Waals surface area (Å²) in [7, 11) is 0. The van der Waals surface area contributed by atoms with Crippen LogP contribution in [-0.4, -0.2) is 49.1 Å². The fourth-order valence-corrected chi connectivity index (χ4v) is 4.20. The first-order valence-electron chi connectivity index (χ1n) is 9.04. The Morgan fingerprint density at radius 2 is 1.65 bits per heavy atom. The Morgan fingerprint density at radius 3 is 2.20 bits per heavy atom. The summed E-state index contributed by atoms with van der Waals surface area (Å²) in [5.74, 6) is 3.69. The fourth-order valence-electron chi connectivity index (χ4n) is 4.20. The normalized spacial score (nSPS) is 31.1. The van der Waals surface area contributed by atoms with Crippen molar-refractivity contribution in [1.82, 2.24) is 9.80 Å². The van der Waals surface area contributed by atoms with Crippen LogP contribution in [0.15, 0.2) is 0 Å². The molecule has 0 aromatic rings. The molecule has 2 heteroatoms. The van der Waals surface area contributed by atoms with Gasteiger partial charge >= 0.3 is 0 Å². The molecule has 2 fully saturated rings. The number of piperidine rings is 2. The lowest BCUT2D eigenvalue weighted by Crippen LogP contribution is -2.45. The maximum Gasteiger partial charge on any atom is 0.00132 e. The quantitative estimate of drug-likeness (QED) is 0.757. The van der Waals surface area contributed by atoms with Crippen molar-refractivity contribution in [3.8, 4) is 0 Å². The molecule has 0 spiro atoms. The van der Waals surface area contributed by atoms with Crippen molar-refractivity contribution in [2.75, 3.05) is 39.3 Å². The Morgan fingerprint density at radius 1 is 1.00 bits per heavy atom. The first-order chi connectivity index (χ1) is 9.60. The highest BCUT2D eigenvalue weighted by molar-refractivity contribution is 4.82. The van der Waals surface area contributed by atoms with E-state index < -0.39 is 0 Å². The molecule has 2 nitrogen and oxygen atoms in total. The Balaban J connectivity index is 1.72. The second-order valence-electron chi connectivity index (χ2n) is 7.71. The van der Waals surface area contributed by atoms with Gasteiger partial charge in [-0.15, -0.1) is 0 Å². The first-order valence-corrected chi connectivity index (χ1v) is 9.04. The van der Waals surface area contributed by atoms with Crippen LogP contribution in [0.1, 0.15) is 53.4 Å². The van der Waals surface area contributed by atoms with Gasteiger partial charge in [0.2, 0.25) is 0 Å². The molecule has 20 heavy (non-hydrogen) atoms. The van der Waals surface area contributed by atoms with E-state index in [9.17, 15) is 0 Å². The van der Waals surface area contributed by atoms with Gasteiger partial charge in [0.15, 0.2) is 0 Å². The minimum Gasteiger partial charge on any atom is -0.303 e. The van der Waals surface area contributed by atoms with Gasteiger partial charge in [0.1, 0.15) is 0 Å². The second-order valence-corrected chi connectivity index (χ2v) is 7.71. The van der Waals surface area contributed by atoms with E-state index in [1.165, 1.54) is 65.0 Å². The van der Waals surface area contributed by atoms with Gasteiger partial charge in [0.05, 0.1) is 0 Å². The maximum absolute atomic E-state index is 2.76. The van der Waals surface area contributed by atoms with Gasteiger partial charge in [0, 0.05) is 13.1 Å². The number of rotatable bonds is 5. The Kier molecular flexibility index (Phi) is 6.35. The van der Waals surface area contributed by atoms with Crippen LogP contribution >= 0.6 is 0 Å². The van der Waals surface area contributed by atoms with Gasteiger partial charge in [-0.3, -0.25) is 0 Å². The van der Waals surface area contributed by atoms with Gasteiger partial charge in [-0.2, -0.15) is 0 Å². The van der Waals surface area contributed by atoms with Crippen LogP contribution < -0.4 is 0 Å². The average Bonchev–Trinajstić information content (AvgIpc) is 2.43. The van der Waals surface area contributed by atoms with Crippen LogP contribution in [0.5, 0.6) is 0 Å². The largest absolute Gasteiger partial charge is 0.303 e. The third-order valence-corrected chi connectivity index (χ3v) is 5.77. The SMILES string of the molecule is CCCN1CCC(CN2CCC(C(C)C)CC2)C(C)C1. The average molecular weight is 280 g/mol. The van der Waals surface area contributed by atoms with Crippen molar-refractivity contribution in [2.24, 2.45) is 23.7 Å². The molecule has 0 aromatic heterocycles. The third-order valence-electron chi connectivity index (χ3n) is 5.77. The van der Waals surface area contributed by atoms with E-state index in [0.29, 0.717) is 0 Å². The Hall–Kier alpha value is -0.0800. The van der Waals surface area contributed by atoms with E-state index in [0.717, 1.165) is 23.7 Å². The molecule has 2 aliphatic heterocycles. The van der Waals surface area contributed by atoms with Crippen molar-refractivity contribution >= 4 is 0 Å². The number of nitrogens with zero attached hydrogens (tertiary/aromatic N) is 2. The summed E-state index contributed by atoms with van der Waals surface area (Å²) in [5.41, 5.74) is 0. The smallest absolute Gasteiger partial charge is 0.00132 e. The lowest BCUT2D eigenvalue weighted by atomic mass is 9.84. The van der Waals surface area contributed by atoms with Crippen molar-refractivity contribution in [3.05, 3.63) is 0 Å². The summed E-state index contributed by atoms with van der Waals surface area (Å²) in [6.07, 6.45) is 5.59. The highest BCUT2D eigenvalue weighted by Crippen LogP contribution is 2.28. The van der Waals surface area contributed by atoms with Crippen molar-refractivity contribution < 1.29 is 0 Å². The second kappa shape index (κ2) is 7.79. The first kappa shape index (κ1) is 16.3. The van der Waals surface area contributed by atoms with Crippen molar-refractivity contribution in [3.63, 3.8) is 0 Å². The van der Waals surface area contributed by atoms with Crippen LogP contribution in [0.4, 0.5) is 0 Å². The molecule has 0 saturated carbocycles. The zero-order valence-corrected chi connectivity index (χ0v) is 14.3. The maximum atomic E-state index is 2.76. The minimum absolute atomic E-state index is 0.883. The van der Waals surface area contributed by atoms with Crippen LogP contribution in [-0.2, 0) is 0 Å². The molecule has 2 atom stereocenters. The van der Waals surface area contributed by atoms with Crippen molar-refractivity contribution in [1.29, 1.82) is 0 Å². The number of likely N-dealkylation sites (tertiary alicyclic amines) is 2. The van der Waals surface area contributed by atoms with E-state index >= 15 is 0 Å². The molecule has 0 aliphatic carbocycles. The highest BCUT2D eigenvalue weighted by atomic mass is 15.2. The van der Waals surface area contributed by atoms with Gasteiger partial charge in [-0.25, -0.2) is 0 Å². The molecule has 2 saturated heterocycles. The summed E-state index contributed by atoms with van der Waals surface area (Å²) in [4.78, 5) is 5.43. The zero-order chi connectivity index (χ0) is 14.5. The molecule has 0 aromatic carbocycles. The van der Waals surface area contributed by atoms with E-state index in [1.54, 1.807) is 0 Å². The van der Waals surface area contributed by atoms with Crippen LogP contribution in [0.2, 0.25) is 0 Å². The standard InChI is InChI=1S/C18H36N2/c1-5-9-19-12-8-18(16(4)13-19)14-20-10-6-17(7-11-20)15(2)3/h15-18H,5-14H2,1-4H3. The molecule has 2 aliphatic rings. The summed E-state index contributed by atoms with van der Waals surface area (Å²) in [6.45, 7) is 17.6. The van der Waals surface area contributed by atoms with Gasteiger partial charge in [-0.1, -0.05) is 27.7 Å². The van der Waals surface area contributed by atoms with E-state index in [2.05, 4.69) is 37.5 Å². The van der Waals surface area contributed by atoms with Crippen molar-refractivity contribution in [2.45, 2.75) is 53.4 Å². The van der Waals surface area contributed by atoms with Gasteiger partial charge < -0.3 is 9.80 Å². The van der Waals surface area contributed by atoms with Crippen LogP contribution in [0, 0.1) is 23.7 Å². The minimum atomic E-state index is 0.883. The predicted octanol–water partition coefficient (Wildman–Crippen LogP) is 3.72. The summed E-state index contributed by atoms with van der Waals surface area (Å²) >= 11 is 0. The molecule has 0 amide bonds. The number of hydrogen-bond donors (Lipinski definition) is 0. The summed E-state index contributed by atoms with van der Waals surface area (Å²) in [6, 6.07) is 0.